The van der Waals surface area contributed by atoms with Crippen molar-refractivity contribution in [3.63, 3.8) is 0 Å². The van der Waals surface area contributed by atoms with Crippen LogP contribution in [0.1, 0.15) is 0 Å². The molecule has 0 aliphatic carbocycles. The molecule has 1 amide bonds. The molecule has 4 aromatic carbocycles. The number of hydrogen-bond donors (Lipinski definition) is 1. The molecule has 4 rings (SSSR count). The number of sulfonamides is 1. The zero-order chi connectivity index (χ0) is 28.2. The normalized spacial score (nSPS) is 11.2. The number of halogens is 3. The Hall–Kier alpha value is -4.58. The maximum absolute atomic E-state index is 13.6. The van der Waals surface area contributed by atoms with Gasteiger partial charge in [0.2, 0.25) is 0 Å². The molecule has 4 aromatic rings. The lowest BCUT2D eigenvalue weighted by Gasteiger charge is -2.20. The average Bonchev–Trinajstić information content (AvgIpc) is 2.94. The molecular formula is C27H21F3N2O6S. The van der Waals surface area contributed by atoms with Gasteiger partial charge < -0.3 is 14.8 Å². The SMILES string of the molecule is CN(c1ccc(OCC(=O)OCC(=O)Nc2ccc(F)c(F)c2F)cc1)S(=O)(=O)c1ccc2ccccc2c1. The number of rotatable bonds is 9. The van der Waals surface area contributed by atoms with Crippen LogP contribution in [0.3, 0.4) is 0 Å². The van der Waals surface area contributed by atoms with Crippen molar-refractivity contribution < 1.29 is 40.7 Å². The first-order valence-electron chi connectivity index (χ1n) is 11.4. The van der Waals surface area contributed by atoms with Gasteiger partial charge in [-0.2, -0.15) is 0 Å². The summed E-state index contributed by atoms with van der Waals surface area (Å²) >= 11 is 0. The highest BCUT2D eigenvalue weighted by molar-refractivity contribution is 7.92. The lowest BCUT2D eigenvalue weighted by Crippen LogP contribution is -2.26. The lowest BCUT2D eigenvalue weighted by atomic mass is 10.1. The van der Waals surface area contributed by atoms with E-state index in [9.17, 15) is 31.2 Å². The predicted molar refractivity (Wildman–Crippen MR) is 137 cm³/mol. The molecule has 39 heavy (non-hydrogen) atoms. The molecule has 0 unspecified atom stereocenters. The van der Waals surface area contributed by atoms with E-state index in [0.717, 1.165) is 21.1 Å². The van der Waals surface area contributed by atoms with Crippen LogP contribution in [-0.4, -0.2) is 40.6 Å². The minimum Gasteiger partial charge on any atom is -0.482 e. The van der Waals surface area contributed by atoms with Crippen LogP contribution in [-0.2, 0) is 24.3 Å². The quantitative estimate of drug-likeness (QED) is 0.237. The van der Waals surface area contributed by atoms with E-state index in [4.69, 9.17) is 9.47 Å². The van der Waals surface area contributed by atoms with Crippen LogP contribution in [0, 0.1) is 17.5 Å². The van der Waals surface area contributed by atoms with Gasteiger partial charge in [0.25, 0.3) is 15.9 Å². The Bertz CT molecular complexity index is 1650. The number of carbonyl (C=O) groups is 2. The lowest BCUT2D eigenvalue weighted by molar-refractivity contribution is -0.149. The summed E-state index contributed by atoms with van der Waals surface area (Å²) in [6, 6.07) is 19.6. The number of nitrogens with one attached hydrogen (secondary N) is 1. The second-order valence-corrected chi connectivity index (χ2v) is 10.2. The third-order valence-electron chi connectivity index (χ3n) is 5.61. The maximum atomic E-state index is 13.6. The number of carbonyl (C=O) groups excluding carboxylic acids is 2. The zero-order valence-corrected chi connectivity index (χ0v) is 21.2. The number of benzene rings is 4. The summed E-state index contributed by atoms with van der Waals surface area (Å²) in [5, 5.41) is 3.67. The summed E-state index contributed by atoms with van der Waals surface area (Å²) in [5.74, 6) is -6.44. The number of esters is 1. The monoisotopic (exact) mass is 558 g/mol. The molecule has 0 heterocycles. The molecule has 12 heteroatoms. The van der Waals surface area contributed by atoms with E-state index in [0.29, 0.717) is 11.8 Å². The van der Waals surface area contributed by atoms with Crippen LogP contribution in [0.4, 0.5) is 24.5 Å². The van der Waals surface area contributed by atoms with Gasteiger partial charge in [-0.05, 0) is 59.3 Å². The summed E-state index contributed by atoms with van der Waals surface area (Å²) in [6.45, 7) is -1.41. The summed E-state index contributed by atoms with van der Waals surface area (Å²) in [7, 11) is -2.44. The van der Waals surface area contributed by atoms with Crippen LogP contribution in [0.2, 0.25) is 0 Å². The second-order valence-electron chi connectivity index (χ2n) is 8.20. The van der Waals surface area contributed by atoms with Gasteiger partial charge in [0.1, 0.15) is 5.75 Å². The van der Waals surface area contributed by atoms with Gasteiger partial charge in [0.05, 0.1) is 16.3 Å². The molecule has 0 radical (unpaired) electrons. The van der Waals surface area contributed by atoms with E-state index in [1.54, 1.807) is 12.1 Å². The maximum Gasteiger partial charge on any atom is 0.344 e. The van der Waals surface area contributed by atoms with Crippen molar-refractivity contribution in [3.05, 3.63) is 96.3 Å². The third-order valence-corrected chi connectivity index (χ3v) is 7.39. The number of ether oxygens (including phenoxy) is 2. The van der Waals surface area contributed by atoms with E-state index in [1.807, 2.05) is 29.6 Å². The Kier molecular flexibility index (Phi) is 8.05. The summed E-state index contributed by atoms with van der Waals surface area (Å²) in [4.78, 5) is 23.8. The molecular weight excluding hydrogens is 537 g/mol. The fourth-order valence-electron chi connectivity index (χ4n) is 3.52. The molecule has 0 aromatic heterocycles. The molecule has 0 saturated heterocycles. The number of nitrogens with zero attached hydrogens (tertiary/aromatic N) is 1. The summed E-state index contributed by atoms with van der Waals surface area (Å²) in [5.41, 5.74) is -0.266. The van der Waals surface area contributed by atoms with Gasteiger partial charge in [0, 0.05) is 7.05 Å². The van der Waals surface area contributed by atoms with Gasteiger partial charge >= 0.3 is 5.97 Å². The van der Waals surface area contributed by atoms with Crippen LogP contribution in [0.15, 0.2) is 83.8 Å². The highest BCUT2D eigenvalue weighted by Crippen LogP contribution is 2.26. The Morgan fingerprint density at radius 3 is 2.26 bits per heavy atom. The second kappa shape index (κ2) is 11.4. The molecule has 0 saturated carbocycles. The van der Waals surface area contributed by atoms with Gasteiger partial charge in [-0.1, -0.05) is 30.3 Å². The van der Waals surface area contributed by atoms with Crippen molar-refractivity contribution in [2.75, 3.05) is 29.9 Å². The van der Waals surface area contributed by atoms with Crippen molar-refractivity contribution in [2.45, 2.75) is 4.90 Å². The first-order chi connectivity index (χ1) is 18.6. The first kappa shape index (κ1) is 27.5. The van der Waals surface area contributed by atoms with E-state index in [2.05, 4.69) is 0 Å². The number of hydrogen-bond acceptors (Lipinski definition) is 6. The fourth-order valence-corrected chi connectivity index (χ4v) is 4.75. The van der Waals surface area contributed by atoms with Crippen LogP contribution in [0.5, 0.6) is 5.75 Å². The van der Waals surface area contributed by atoms with Crippen molar-refractivity contribution in [3.8, 4) is 5.75 Å². The number of amides is 1. The zero-order valence-electron chi connectivity index (χ0n) is 20.4. The van der Waals surface area contributed by atoms with Crippen molar-refractivity contribution >= 4 is 44.0 Å². The Morgan fingerprint density at radius 1 is 0.846 bits per heavy atom. The highest BCUT2D eigenvalue weighted by Gasteiger charge is 2.22. The molecule has 0 atom stereocenters. The highest BCUT2D eigenvalue weighted by atomic mass is 32.2. The van der Waals surface area contributed by atoms with Crippen molar-refractivity contribution in [1.82, 2.24) is 0 Å². The minimum absolute atomic E-state index is 0.128. The largest absolute Gasteiger partial charge is 0.482 e. The van der Waals surface area contributed by atoms with Crippen LogP contribution in [0.25, 0.3) is 10.8 Å². The van der Waals surface area contributed by atoms with Crippen LogP contribution >= 0.6 is 0 Å². The van der Waals surface area contributed by atoms with Gasteiger partial charge in [0.15, 0.2) is 30.7 Å². The molecule has 8 nitrogen and oxygen atoms in total. The topological polar surface area (TPSA) is 102 Å². The van der Waals surface area contributed by atoms with Crippen molar-refractivity contribution in [1.29, 1.82) is 0 Å². The molecule has 0 spiro atoms. The Balaban J connectivity index is 1.30. The molecule has 0 fully saturated rings. The van der Waals surface area contributed by atoms with Gasteiger partial charge in [-0.3, -0.25) is 9.10 Å². The summed E-state index contributed by atoms with van der Waals surface area (Å²) < 4.78 is 77.2. The molecule has 0 aliphatic rings. The van der Waals surface area contributed by atoms with E-state index in [1.165, 1.54) is 37.4 Å². The van der Waals surface area contributed by atoms with Gasteiger partial charge in [-0.15, -0.1) is 0 Å². The molecule has 0 aliphatic heterocycles. The van der Waals surface area contributed by atoms with E-state index in [-0.39, 0.29) is 10.6 Å². The third kappa shape index (κ3) is 6.29. The Morgan fingerprint density at radius 2 is 1.54 bits per heavy atom. The minimum atomic E-state index is -3.85. The molecule has 0 bridgehead atoms. The molecule has 1 N–H and O–H groups in total. The standard InChI is InChI=1S/C27H21F3N2O6S/c1-32(39(35,36)21-11-6-17-4-2-3-5-18(17)14-21)19-7-9-20(10-8-19)37-16-25(34)38-15-24(33)31-23-13-12-22(28)26(29)27(23)30/h2-14H,15-16H2,1H3,(H,31,33). The molecule has 202 valence electrons. The number of anilines is 2. The predicted octanol–water partition coefficient (Wildman–Crippen LogP) is 4.64. The van der Waals surface area contributed by atoms with Crippen LogP contribution < -0.4 is 14.4 Å². The van der Waals surface area contributed by atoms with E-state index < -0.39 is 58.3 Å². The van der Waals surface area contributed by atoms with E-state index >= 15 is 0 Å². The Labute approximate surface area is 221 Å². The first-order valence-corrected chi connectivity index (χ1v) is 12.8. The number of fused-ring (bicyclic) bond motifs is 1. The smallest absolute Gasteiger partial charge is 0.344 e. The fraction of sp³-hybridized carbons (Fsp3) is 0.111. The van der Waals surface area contributed by atoms with Crippen molar-refractivity contribution in [2.24, 2.45) is 0 Å². The summed E-state index contributed by atoms with van der Waals surface area (Å²) in [6.07, 6.45) is 0. The van der Waals surface area contributed by atoms with Gasteiger partial charge in [-0.25, -0.2) is 26.4 Å². The average molecular weight is 559 g/mol.